The van der Waals surface area contributed by atoms with Gasteiger partial charge in [-0.05, 0) is 29.8 Å². The second-order valence-corrected chi connectivity index (χ2v) is 4.86. The molecule has 0 spiro atoms. The maximum Gasteiger partial charge on any atom is 0.0587 e. The number of hydrogen-bond acceptors (Lipinski definition) is 2. The Morgan fingerprint density at radius 3 is 2.95 bits per heavy atom. The highest BCUT2D eigenvalue weighted by molar-refractivity contribution is 6.30. The van der Waals surface area contributed by atoms with E-state index in [1.807, 2.05) is 18.2 Å². The average Bonchev–Trinajstić information content (AvgIpc) is 2.82. The molecule has 0 atom stereocenters. The van der Waals surface area contributed by atoms with Crippen LogP contribution in [0.4, 0.5) is 0 Å². The van der Waals surface area contributed by atoms with E-state index in [1.165, 1.54) is 11.3 Å². The molecule has 1 N–H and O–H groups in total. The van der Waals surface area contributed by atoms with Crippen LogP contribution in [0.2, 0.25) is 5.02 Å². The number of nitrogens with one attached hydrogen (secondary N) is 1. The van der Waals surface area contributed by atoms with Crippen molar-refractivity contribution in [2.75, 3.05) is 20.3 Å². The summed E-state index contributed by atoms with van der Waals surface area (Å²) in [6.45, 7) is 3.28. The Bertz CT molecular complexity index is 510. The Kier molecular flexibility index (Phi) is 5.45. The number of methoxy groups -OCH3 is 1. The first-order valence-corrected chi connectivity index (χ1v) is 6.75. The van der Waals surface area contributed by atoms with Gasteiger partial charge >= 0.3 is 0 Å². The Labute approximate surface area is 119 Å². The van der Waals surface area contributed by atoms with Crippen LogP contribution in [-0.2, 0) is 17.8 Å². The van der Waals surface area contributed by atoms with Gasteiger partial charge in [0, 0.05) is 43.7 Å². The van der Waals surface area contributed by atoms with E-state index in [9.17, 15) is 0 Å². The number of ether oxygens (including phenoxy) is 1. The van der Waals surface area contributed by atoms with Gasteiger partial charge in [-0.15, -0.1) is 0 Å². The highest BCUT2D eigenvalue weighted by atomic mass is 35.5. The Hall–Kier alpha value is -1.29. The lowest BCUT2D eigenvalue weighted by Gasteiger charge is -2.10. The van der Waals surface area contributed by atoms with Crippen molar-refractivity contribution in [3.8, 4) is 0 Å². The third-order valence-corrected chi connectivity index (χ3v) is 3.19. The molecular weight excluding hydrogens is 260 g/mol. The van der Waals surface area contributed by atoms with E-state index in [2.05, 4.69) is 34.3 Å². The van der Waals surface area contributed by atoms with Crippen molar-refractivity contribution in [1.29, 1.82) is 0 Å². The van der Waals surface area contributed by atoms with E-state index in [0.29, 0.717) is 0 Å². The summed E-state index contributed by atoms with van der Waals surface area (Å²) in [5.41, 5.74) is 2.47. The van der Waals surface area contributed by atoms with Crippen LogP contribution < -0.4 is 5.32 Å². The zero-order valence-corrected chi connectivity index (χ0v) is 11.9. The molecule has 0 aliphatic carbocycles. The van der Waals surface area contributed by atoms with E-state index >= 15 is 0 Å². The third-order valence-electron chi connectivity index (χ3n) is 2.95. The van der Waals surface area contributed by atoms with Gasteiger partial charge in [-0.25, -0.2) is 0 Å². The van der Waals surface area contributed by atoms with Crippen LogP contribution in [-0.4, -0.2) is 24.8 Å². The molecule has 0 fully saturated rings. The monoisotopic (exact) mass is 278 g/mol. The summed E-state index contributed by atoms with van der Waals surface area (Å²) in [5, 5.41) is 4.14. The molecule has 0 amide bonds. The van der Waals surface area contributed by atoms with Crippen molar-refractivity contribution in [2.45, 2.75) is 13.1 Å². The van der Waals surface area contributed by atoms with Crippen LogP contribution in [0, 0.1) is 0 Å². The maximum absolute atomic E-state index is 6.01. The first kappa shape index (κ1) is 14.1. The molecule has 0 saturated carbocycles. The zero-order chi connectivity index (χ0) is 13.5. The molecule has 3 nitrogen and oxygen atoms in total. The van der Waals surface area contributed by atoms with E-state index in [4.69, 9.17) is 16.3 Å². The molecule has 102 valence electrons. The van der Waals surface area contributed by atoms with Gasteiger partial charge in [-0.3, -0.25) is 0 Å². The summed E-state index contributed by atoms with van der Waals surface area (Å²) in [7, 11) is 1.71. The van der Waals surface area contributed by atoms with E-state index < -0.39 is 0 Å². The van der Waals surface area contributed by atoms with Crippen molar-refractivity contribution < 1.29 is 4.74 Å². The van der Waals surface area contributed by atoms with E-state index in [-0.39, 0.29) is 0 Å². The molecule has 1 aromatic carbocycles. The summed E-state index contributed by atoms with van der Waals surface area (Å²) in [6, 6.07) is 12.2. The molecule has 2 aromatic rings. The zero-order valence-electron chi connectivity index (χ0n) is 11.1. The first-order chi connectivity index (χ1) is 9.29. The predicted molar refractivity (Wildman–Crippen MR) is 78.6 cm³/mol. The van der Waals surface area contributed by atoms with Crippen molar-refractivity contribution in [3.63, 3.8) is 0 Å². The molecule has 0 radical (unpaired) electrons. The SMILES string of the molecule is COCCNCc1cccn1Cc1cccc(Cl)c1. The molecule has 1 heterocycles. The summed E-state index contributed by atoms with van der Waals surface area (Å²) in [4.78, 5) is 0. The maximum atomic E-state index is 6.01. The second kappa shape index (κ2) is 7.34. The fourth-order valence-electron chi connectivity index (χ4n) is 1.99. The van der Waals surface area contributed by atoms with Gasteiger partial charge in [0.25, 0.3) is 0 Å². The minimum absolute atomic E-state index is 0.731. The number of aromatic nitrogens is 1. The van der Waals surface area contributed by atoms with Gasteiger partial charge in [0.05, 0.1) is 6.61 Å². The summed E-state index contributed by atoms with van der Waals surface area (Å²) in [5.74, 6) is 0. The van der Waals surface area contributed by atoms with E-state index in [1.54, 1.807) is 7.11 Å². The van der Waals surface area contributed by atoms with Crippen molar-refractivity contribution >= 4 is 11.6 Å². The van der Waals surface area contributed by atoms with Crippen LogP contribution in [0.3, 0.4) is 0 Å². The number of benzene rings is 1. The van der Waals surface area contributed by atoms with Crippen LogP contribution in [0.25, 0.3) is 0 Å². The number of halogens is 1. The molecule has 0 aliphatic heterocycles. The van der Waals surface area contributed by atoms with Gasteiger partial charge in [0.1, 0.15) is 0 Å². The van der Waals surface area contributed by atoms with Crippen LogP contribution in [0.15, 0.2) is 42.6 Å². The van der Waals surface area contributed by atoms with Crippen LogP contribution >= 0.6 is 11.6 Å². The van der Waals surface area contributed by atoms with Crippen molar-refractivity contribution in [1.82, 2.24) is 9.88 Å². The molecular formula is C15H19ClN2O. The number of rotatable bonds is 7. The number of nitrogens with zero attached hydrogens (tertiary/aromatic N) is 1. The third kappa shape index (κ3) is 4.39. The highest BCUT2D eigenvalue weighted by Crippen LogP contribution is 2.13. The van der Waals surface area contributed by atoms with Gasteiger partial charge in [-0.1, -0.05) is 23.7 Å². The standard InChI is InChI=1S/C15H19ClN2O/c1-19-9-7-17-11-15-6-3-8-18(15)12-13-4-2-5-14(16)10-13/h2-6,8,10,17H,7,9,11-12H2,1H3. The summed E-state index contributed by atoms with van der Waals surface area (Å²) in [6.07, 6.45) is 2.09. The Morgan fingerprint density at radius 2 is 2.16 bits per heavy atom. The lowest BCUT2D eigenvalue weighted by Crippen LogP contribution is -2.20. The molecule has 4 heteroatoms. The van der Waals surface area contributed by atoms with Crippen LogP contribution in [0.5, 0.6) is 0 Å². The van der Waals surface area contributed by atoms with Gasteiger partial charge < -0.3 is 14.6 Å². The fourth-order valence-corrected chi connectivity index (χ4v) is 2.20. The second-order valence-electron chi connectivity index (χ2n) is 4.43. The molecule has 1 aromatic heterocycles. The minimum atomic E-state index is 0.731. The van der Waals surface area contributed by atoms with Crippen molar-refractivity contribution in [3.05, 3.63) is 58.9 Å². The normalized spacial score (nSPS) is 10.8. The molecule has 0 unspecified atom stereocenters. The molecule has 0 bridgehead atoms. The Balaban J connectivity index is 1.95. The molecule has 0 aliphatic rings. The first-order valence-electron chi connectivity index (χ1n) is 6.37. The topological polar surface area (TPSA) is 26.2 Å². The van der Waals surface area contributed by atoms with Gasteiger partial charge in [0.2, 0.25) is 0 Å². The molecule has 2 rings (SSSR count). The lowest BCUT2D eigenvalue weighted by molar-refractivity contribution is 0.199. The largest absolute Gasteiger partial charge is 0.383 e. The summed E-state index contributed by atoms with van der Waals surface area (Å²) >= 11 is 6.01. The number of hydrogen-bond donors (Lipinski definition) is 1. The highest BCUT2D eigenvalue weighted by Gasteiger charge is 2.02. The minimum Gasteiger partial charge on any atom is -0.383 e. The van der Waals surface area contributed by atoms with Gasteiger partial charge in [-0.2, -0.15) is 0 Å². The van der Waals surface area contributed by atoms with E-state index in [0.717, 1.165) is 31.3 Å². The summed E-state index contributed by atoms with van der Waals surface area (Å²) < 4.78 is 7.24. The lowest BCUT2D eigenvalue weighted by atomic mass is 10.2. The molecule has 19 heavy (non-hydrogen) atoms. The average molecular weight is 279 g/mol. The molecule has 0 saturated heterocycles. The Morgan fingerprint density at radius 1 is 1.26 bits per heavy atom. The predicted octanol–water partition coefficient (Wildman–Crippen LogP) is 2.93. The fraction of sp³-hybridized carbons (Fsp3) is 0.333. The quantitative estimate of drug-likeness (QED) is 0.788. The van der Waals surface area contributed by atoms with Crippen molar-refractivity contribution in [2.24, 2.45) is 0 Å². The van der Waals surface area contributed by atoms with Crippen LogP contribution in [0.1, 0.15) is 11.3 Å². The van der Waals surface area contributed by atoms with Gasteiger partial charge in [0.15, 0.2) is 0 Å². The smallest absolute Gasteiger partial charge is 0.0587 e.